The maximum Gasteiger partial charge on any atom is 0.300 e. The molecule has 1 unspecified atom stereocenters. The number of Topliss-reactive ketones (excluding diaryl/α,β-unsaturated/α-hetero) is 1. The van der Waals surface area contributed by atoms with Gasteiger partial charge in [0.2, 0.25) is 0 Å². The molecule has 36 heavy (non-hydrogen) atoms. The van der Waals surface area contributed by atoms with Crippen molar-refractivity contribution in [2.24, 2.45) is 7.05 Å². The summed E-state index contributed by atoms with van der Waals surface area (Å²) in [7, 11) is 5.02. The van der Waals surface area contributed by atoms with Crippen LogP contribution < -0.4 is 14.4 Å². The Labute approximate surface area is 208 Å². The van der Waals surface area contributed by atoms with Crippen LogP contribution in [0.25, 0.3) is 16.7 Å². The van der Waals surface area contributed by atoms with Gasteiger partial charge in [0.25, 0.3) is 11.7 Å². The molecule has 7 heteroatoms. The first-order chi connectivity index (χ1) is 17.3. The Morgan fingerprint density at radius 1 is 0.917 bits per heavy atom. The molecule has 1 fully saturated rings. The number of methoxy groups -OCH3 is 2. The highest BCUT2D eigenvalue weighted by molar-refractivity contribution is 6.52. The van der Waals surface area contributed by atoms with Crippen molar-refractivity contribution in [3.63, 3.8) is 0 Å². The number of para-hydroxylation sites is 1. The number of aromatic nitrogens is 1. The average Bonchev–Trinajstić information content (AvgIpc) is 3.36. The summed E-state index contributed by atoms with van der Waals surface area (Å²) in [5, 5.41) is 12.4. The van der Waals surface area contributed by atoms with Gasteiger partial charge >= 0.3 is 0 Å². The summed E-state index contributed by atoms with van der Waals surface area (Å²) in [6.07, 6.45) is 1.91. The molecule has 1 aliphatic heterocycles. The number of fused-ring (bicyclic) bond motifs is 1. The molecule has 3 aromatic carbocycles. The number of benzene rings is 3. The van der Waals surface area contributed by atoms with E-state index < -0.39 is 17.7 Å². The highest BCUT2D eigenvalue weighted by Gasteiger charge is 2.48. The fourth-order valence-corrected chi connectivity index (χ4v) is 4.92. The number of carbonyl (C=O) groups excluding carboxylic acids is 2. The number of anilines is 1. The minimum Gasteiger partial charge on any atom is -0.507 e. The topological polar surface area (TPSA) is 81.0 Å². The second kappa shape index (κ2) is 8.92. The zero-order chi connectivity index (χ0) is 25.6. The molecular weight excluding hydrogens is 456 g/mol. The Kier molecular flexibility index (Phi) is 5.76. The van der Waals surface area contributed by atoms with E-state index in [-0.39, 0.29) is 11.3 Å². The molecule has 0 radical (unpaired) electrons. The SMILES string of the molecule is COc1cccc(N2C(=O)C(=O)/C(=C(/O)c3ccc(OC)cc3C)C2c2cn(C)c3ccccc23)c1. The first-order valence-electron chi connectivity index (χ1n) is 11.5. The Hall–Kier alpha value is -4.52. The van der Waals surface area contributed by atoms with Gasteiger partial charge in [-0.3, -0.25) is 14.5 Å². The predicted molar refractivity (Wildman–Crippen MR) is 138 cm³/mol. The third-order valence-electron chi connectivity index (χ3n) is 6.69. The molecule has 5 rings (SSSR count). The Balaban J connectivity index is 1.80. The lowest BCUT2D eigenvalue weighted by atomic mass is 9.93. The summed E-state index contributed by atoms with van der Waals surface area (Å²) in [6.45, 7) is 1.82. The monoisotopic (exact) mass is 482 g/mol. The van der Waals surface area contributed by atoms with E-state index >= 15 is 0 Å². The van der Waals surface area contributed by atoms with Gasteiger partial charge in [0, 0.05) is 47.0 Å². The smallest absolute Gasteiger partial charge is 0.300 e. The molecule has 7 nitrogen and oxygen atoms in total. The second-order valence-electron chi connectivity index (χ2n) is 8.76. The van der Waals surface area contributed by atoms with Crippen LogP contribution >= 0.6 is 0 Å². The van der Waals surface area contributed by atoms with Crippen molar-refractivity contribution in [3.8, 4) is 11.5 Å². The quantitative estimate of drug-likeness (QED) is 0.242. The molecule has 1 amide bonds. The third kappa shape index (κ3) is 3.60. The van der Waals surface area contributed by atoms with Crippen molar-refractivity contribution in [1.29, 1.82) is 0 Å². The van der Waals surface area contributed by atoms with E-state index in [0.717, 1.165) is 22.0 Å². The van der Waals surface area contributed by atoms with Crippen molar-refractivity contribution in [2.75, 3.05) is 19.1 Å². The van der Waals surface area contributed by atoms with Gasteiger partial charge in [-0.15, -0.1) is 0 Å². The maximum atomic E-state index is 13.5. The van der Waals surface area contributed by atoms with Crippen LogP contribution in [-0.4, -0.2) is 35.6 Å². The van der Waals surface area contributed by atoms with Gasteiger partial charge in [-0.2, -0.15) is 0 Å². The minimum absolute atomic E-state index is 0.0347. The lowest BCUT2D eigenvalue weighted by Crippen LogP contribution is -2.29. The van der Waals surface area contributed by atoms with Gasteiger partial charge in [-0.1, -0.05) is 24.3 Å². The molecule has 0 spiro atoms. The van der Waals surface area contributed by atoms with Gasteiger partial charge in [0.1, 0.15) is 17.3 Å². The Morgan fingerprint density at radius 3 is 2.36 bits per heavy atom. The molecule has 0 aliphatic carbocycles. The van der Waals surface area contributed by atoms with E-state index in [0.29, 0.717) is 22.7 Å². The van der Waals surface area contributed by atoms with Crippen LogP contribution in [0.3, 0.4) is 0 Å². The molecule has 0 saturated carbocycles. The molecule has 182 valence electrons. The van der Waals surface area contributed by atoms with E-state index in [4.69, 9.17) is 9.47 Å². The number of nitrogens with zero attached hydrogens (tertiary/aromatic N) is 2. The number of hydrogen-bond donors (Lipinski definition) is 1. The Morgan fingerprint density at radius 2 is 1.64 bits per heavy atom. The molecule has 1 N–H and O–H groups in total. The number of hydrogen-bond acceptors (Lipinski definition) is 5. The van der Waals surface area contributed by atoms with E-state index in [1.165, 1.54) is 4.90 Å². The predicted octanol–water partition coefficient (Wildman–Crippen LogP) is 5.13. The van der Waals surface area contributed by atoms with Crippen LogP contribution in [0.5, 0.6) is 11.5 Å². The fourth-order valence-electron chi connectivity index (χ4n) is 4.92. The zero-order valence-electron chi connectivity index (χ0n) is 20.5. The standard InChI is InChI=1S/C29H26N2O5/c1-17-14-20(36-4)12-13-21(17)27(32)25-26(23-16-30(2)24-11-6-5-10-22(23)24)31(29(34)28(25)33)18-8-7-9-19(15-18)35-3/h5-16,26,32H,1-4H3/b27-25+. The largest absolute Gasteiger partial charge is 0.507 e. The number of rotatable bonds is 5. The summed E-state index contributed by atoms with van der Waals surface area (Å²) in [4.78, 5) is 28.5. The second-order valence-corrected chi connectivity index (χ2v) is 8.76. The number of amides is 1. The molecular formula is C29H26N2O5. The van der Waals surface area contributed by atoms with Gasteiger partial charge in [0.05, 0.1) is 25.8 Å². The van der Waals surface area contributed by atoms with Gasteiger partial charge in [-0.25, -0.2) is 0 Å². The van der Waals surface area contributed by atoms with E-state index in [1.807, 2.05) is 49.0 Å². The van der Waals surface area contributed by atoms with Crippen LogP contribution in [-0.2, 0) is 16.6 Å². The number of carbonyl (C=O) groups is 2. The third-order valence-corrected chi connectivity index (χ3v) is 6.69. The number of aliphatic hydroxyl groups excluding tert-OH is 1. The summed E-state index contributed by atoms with van der Waals surface area (Å²) in [5.41, 5.74) is 3.40. The first kappa shape index (κ1) is 23.2. The number of aryl methyl sites for hydroxylation is 2. The summed E-state index contributed by atoms with van der Waals surface area (Å²) in [6, 6.07) is 19.1. The van der Waals surface area contributed by atoms with Crippen LogP contribution in [0.1, 0.15) is 22.7 Å². The minimum atomic E-state index is -0.843. The Bertz CT molecular complexity index is 1550. The van der Waals surface area contributed by atoms with Crippen LogP contribution in [0.4, 0.5) is 5.69 Å². The fraction of sp³-hybridized carbons (Fsp3) is 0.172. The van der Waals surface area contributed by atoms with Crippen LogP contribution in [0, 0.1) is 6.92 Å². The van der Waals surface area contributed by atoms with Crippen molar-refractivity contribution in [3.05, 3.63) is 95.2 Å². The number of ketones is 1. The normalized spacial score (nSPS) is 17.1. The lowest BCUT2D eigenvalue weighted by Gasteiger charge is -2.25. The van der Waals surface area contributed by atoms with Gasteiger partial charge < -0.3 is 19.1 Å². The summed E-state index contributed by atoms with van der Waals surface area (Å²) < 4.78 is 12.6. The molecule has 1 aromatic heterocycles. The van der Waals surface area contributed by atoms with Crippen LogP contribution in [0.2, 0.25) is 0 Å². The molecule has 2 heterocycles. The number of ether oxygens (including phenoxy) is 2. The first-order valence-corrected chi connectivity index (χ1v) is 11.5. The molecule has 1 atom stereocenters. The van der Waals surface area contributed by atoms with E-state index in [1.54, 1.807) is 56.7 Å². The van der Waals surface area contributed by atoms with Crippen molar-refractivity contribution < 1.29 is 24.2 Å². The van der Waals surface area contributed by atoms with Gasteiger partial charge in [-0.05, 0) is 48.9 Å². The van der Waals surface area contributed by atoms with E-state index in [2.05, 4.69) is 0 Å². The molecule has 4 aromatic rings. The lowest BCUT2D eigenvalue weighted by molar-refractivity contribution is -0.132. The van der Waals surface area contributed by atoms with Crippen molar-refractivity contribution in [2.45, 2.75) is 13.0 Å². The number of aliphatic hydroxyl groups is 1. The highest BCUT2D eigenvalue weighted by atomic mass is 16.5. The summed E-state index contributed by atoms with van der Waals surface area (Å²) >= 11 is 0. The highest BCUT2D eigenvalue weighted by Crippen LogP contribution is 2.45. The van der Waals surface area contributed by atoms with Gasteiger partial charge in [0.15, 0.2) is 0 Å². The van der Waals surface area contributed by atoms with Crippen molar-refractivity contribution in [1.82, 2.24) is 4.57 Å². The zero-order valence-corrected chi connectivity index (χ0v) is 20.5. The molecule has 1 saturated heterocycles. The van der Waals surface area contributed by atoms with Crippen LogP contribution in [0.15, 0.2) is 78.5 Å². The van der Waals surface area contributed by atoms with E-state index in [9.17, 15) is 14.7 Å². The molecule has 1 aliphatic rings. The molecule has 0 bridgehead atoms. The summed E-state index contributed by atoms with van der Waals surface area (Å²) in [5.74, 6) is -0.502. The maximum absolute atomic E-state index is 13.5. The average molecular weight is 483 g/mol. The van der Waals surface area contributed by atoms with Crippen molar-refractivity contribution >= 4 is 34.0 Å².